The lowest BCUT2D eigenvalue weighted by atomic mass is 10.0. The Morgan fingerprint density at radius 3 is 2.37 bits per heavy atom. The van der Waals surface area contributed by atoms with Gasteiger partial charge in [-0.2, -0.15) is 0 Å². The first-order chi connectivity index (χ1) is 17.1. The van der Waals surface area contributed by atoms with Crippen molar-refractivity contribution in [2.24, 2.45) is 0 Å². The Bertz CT molecular complexity index is 1400. The van der Waals surface area contributed by atoms with E-state index in [1.807, 2.05) is 36.4 Å². The fourth-order valence-corrected chi connectivity index (χ4v) is 6.03. The molecule has 5 rings (SSSR count). The molecule has 10 heteroatoms. The predicted octanol–water partition coefficient (Wildman–Crippen LogP) is 4.68. The van der Waals surface area contributed by atoms with Gasteiger partial charge in [0.2, 0.25) is 5.95 Å². The number of rotatable bonds is 7. The van der Waals surface area contributed by atoms with E-state index in [0.29, 0.717) is 16.7 Å². The number of anilines is 2. The van der Waals surface area contributed by atoms with Gasteiger partial charge in [0.15, 0.2) is 15.7 Å². The number of tetrazole rings is 1. The van der Waals surface area contributed by atoms with Crippen LogP contribution in [0.1, 0.15) is 43.2 Å². The highest BCUT2D eigenvalue weighted by molar-refractivity contribution is 7.92. The topological polar surface area (TPSA) is 126 Å². The number of hydrogen-bond donors (Lipinski definition) is 2. The van der Waals surface area contributed by atoms with Gasteiger partial charge < -0.3 is 5.32 Å². The van der Waals surface area contributed by atoms with E-state index < -0.39 is 9.84 Å². The maximum absolute atomic E-state index is 12.9. The Balaban J connectivity index is 1.22. The number of sulfone groups is 1. The van der Waals surface area contributed by atoms with Crippen LogP contribution in [0.2, 0.25) is 0 Å². The quantitative estimate of drug-likeness (QED) is 0.385. The largest absolute Gasteiger partial charge is 0.324 e. The molecule has 0 aliphatic heterocycles. The summed E-state index contributed by atoms with van der Waals surface area (Å²) in [6.45, 7) is 0. The highest BCUT2D eigenvalue weighted by atomic mass is 32.2. The number of nitrogens with one attached hydrogen (secondary N) is 2. The summed E-state index contributed by atoms with van der Waals surface area (Å²) in [6, 6.07) is 14.7. The van der Waals surface area contributed by atoms with E-state index in [4.69, 9.17) is 0 Å². The first-order valence-electron chi connectivity index (χ1n) is 11.5. The zero-order valence-corrected chi connectivity index (χ0v) is 19.8. The molecule has 1 aliphatic rings. The Hall–Kier alpha value is -3.92. The second kappa shape index (κ2) is 10.1. The van der Waals surface area contributed by atoms with Crippen molar-refractivity contribution in [1.82, 2.24) is 30.6 Å². The molecule has 4 aromatic rings. The molecular weight excluding hydrogens is 462 g/mol. The van der Waals surface area contributed by atoms with Gasteiger partial charge in [-0.1, -0.05) is 49.6 Å². The fourth-order valence-electron chi connectivity index (χ4n) is 4.18. The van der Waals surface area contributed by atoms with E-state index in [9.17, 15) is 8.42 Å². The number of benzene rings is 2. The van der Waals surface area contributed by atoms with E-state index in [1.165, 1.54) is 0 Å². The molecule has 1 saturated carbocycles. The van der Waals surface area contributed by atoms with Gasteiger partial charge in [0.05, 0.1) is 10.1 Å². The van der Waals surface area contributed by atoms with Crippen molar-refractivity contribution in [3.63, 3.8) is 0 Å². The van der Waals surface area contributed by atoms with Gasteiger partial charge in [-0.15, -0.1) is 5.10 Å². The van der Waals surface area contributed by atoms with Crippen LogP contribution in [0.4, 0.5) is 11.6 Å². The second-order valence-electron chi connectivity index (χ2n) is 8.50. The van der Waals surface area contributed by atoms with Crippen molar-refractivity contribution in [3.8, 4) is 11.4 Å². The number of aromatic amines is 1. The lowest BCUT2D eigenvalue weighted by Gasteiger charge is -2.21. The van der Waals surface area contributed by atoms with Crippen molar-refractivity contribution < 1.29 is 8.42 Å². The third-order valence-corrected chi connectivity index (χ3v) is 8.35. The van der Waals surface area contributed by atoms with Crippen molar-refractivity contribution in [2.75, 3.05) is 5.32 Å². The van der Waals surface area contributed by atoms with Crippen LogP contribution in [0, 0.1) is 0 Å². The Morgan fingerprint density at radius 1 is 0.914 bits per heavy atom. The van der Waals surface area contributed by atoms with Gasteiger partial charge in [0.25, 0.3) is 0 Å². The standard InChI is InChI=1S/C25H25N7O2S/c33-35(34,22-7-2-1-3-8-22)23-13-11-21(12-14-23)28-25-26-16-19(17-27-25)10-9-18-5-4-6-20(15-18)24-29-31-32-30-24/h4-6,9-17,22H,1-3,7-8H2,(H,26,27,28)(H,29,30,31,32)/b10-9+. The van der Waals surface area contributed by atoms with Gasteiger partial charge in [0.1, 0.15) is 0 Å². The van der Waals surface area contributed by atoms with Crippen LogP contribution >= 0.6 is 0 Å². The molecule has 0 spiro atoms. The van der Waals surface area contributed by atoms with Gasteiger partial charge in [0, 0.05) is 29.2 Å². The molecule has 35 heavy (non-hydrogen) atoms. The van der Waals surface area contributed by atoms with Crippen molar-refractivity contribution >= 4 is 33.6 Å². The van der Waals surface area contributed by atoms with Crippen LogP contribution in [0.5, 0.6) is 0 Å². The third kappa shape index (κ3) is 5.43. The van der Waals surface area contributed by atoms with E-state index in [0.717, 1.165) is 54.5 Å². The molecular formula is C25H25N7O2S. The minimum absolute atomic E-state index is 0.263. The van der Waals surface area contributed by atoms with Crippen LogP contribution in [0.15, 0.2) is 65.8 Å². The molecule has 0 radical (unpaired) electrons. The summed E-state index contributed by atoms with van der Waals surface area (Å²) in [5.74, 6) is 1.04. The Labute approximate surface area is 203 Å². The molecule has 2 aromatic heterocycles. The smallest absolute Gasteiger partial charge is 0.227 e. The number of hydrogen-bond acceptors (Lipinski definition) is 8. The molecule has 0 unspecified atom stereocenters. The maximum atomic E-state index is 12.9. The van der Waals surface area contributed by atoms with Crippen LogP contribution in [-0.2, 0) is 9.84 Å². The molecule has 0 amide bonds. The SMILES string of the molecule is O=S(=O)(c1ccc(Nc2ncc(/C=C/c3cccc(-c4nnn[nH]4)c3)cn2)cc1)C1CCCCC1. The van der Waals surface area contributed by atoms with Crippen LogP contribution in [-0.4, -0.2) is 44.3 Å². The zero-order valence-electron chi connectivity index (χ0n) is 19.0. The third-order valence-electron chi connectivity index (χ3n) is 6.08. The second-order valence-corrected chi connectivity index (χ2v) is 10.7. The summed E-state index contributed by atoms with van der Waals surface area (Å²) in [6.07, 6.45) is 11.9. The Kier molecular flexibility index (Phi) is 6.62. The molecule has 0 bridgehead atoms. The average molecular weight is 488 g/mol. The van der Waals surface area contributed by atoms with Crippen LogP contribution < -0.4 is 5.32 Å². The number of nitrogens with zero attached hydrogens (tertiary/aromatic N) is 5. The minimum atomic E-state index is -3.28. The van der Waals surface area contributed by atoms with Crippen LogP contribution in [0.25, 0.3) is 23.5 Å². The average Bonchev–Trinajstić information content (AvgIpc) is 3.45. The highest BCUT2D eigenvalue weighted by Gasteiger charge is 2.28. The van der Waals surface area contributed by atoms with Crippen molar-refractivity contribution in [2.45, 2.75) is 42.2 Å². The molecule has 0 atom stereocenters. The maximum Gasteiger partial charge on any atom is 0.227 e. The summed E-state index contributed by atoms with van der Waals surface area (Å²) < 4.78 is 25.7. The first kappa shape index (κ1) is 22.9. The molecule has 2 aromatic carbocycles. The minimum Gasteiger partial charge on any atom is -0.324 e. The summed E-state index contributed by atoms with van der Waals surface area (Å²) in [5.41, 5.74) is 3.46. The van der Waals surface area contributed by atoms with Gasteiger partial charge in [-0.05, 0) is 59.2 Å². The summed E-state index contributed by atoms with van der Waals surface area (Å²) in [7, 11) is -3.28. The summed E-state index contributed by atoms with van der Waals surface area (Å²) >= 11 is 0. The van der Waals surface area contributed by atoms with Crippen molar-refractivity contribution in [1.29, 1.82) is 0 Å². The molecule has 0 saturated heterocycles. The first-order valence-corrected chi connectivity index (χ1v) is 13.1. The monoisotopic (exact) mass is 487 g/mol. The predicted molar refractivity (Wildman–Crippen MR) is 134 cm³/mol. The van der Waals surface area contributed by atoms with Gasteiger partial charge in [-0.3, -0.25) is 0 Å². The highest BCUT2D eigenvalue weighted by Crippen LogP contribution is 2.29. The fraction of sp³-hybridized carbons (Fsp3) is 0.240. The lowest BCUT2D eigenvalue weighted by molar-refractivity contribution is 0.483. The number of aromatic nitrogens is 6. The van der Waals surface area contributed by atoms with Gasteiger partial charge >= 0.3 is 0 Å². The normalized spacial score (nSPS) is 14.9. The number of H-pyrrole nitrogens is 1. The van der Waals surface area contributed by atoms with E-state index in [1.54, 1.807) is 36.7 Å². The Morgan fingerprint density at radius 2 is 1.66 bits per heavy atom. The molecule has 178 valence electrons. The molecule has 1 aliphatic carbocycles. The summed E-state index contributed by atoms with van der Waals surface area (Å²) in [5, 5.41) is 16.8. The molecule has 9 nitrogen and oxygen atoms in total. The van der Waals surface area contributed by atoms with Gasteiger partial charge in [-0.25, -0.2) is 23.5 Å². The molecule has 1 fully saturated rings. The summed E-state index contributed by atoms with van der Waals surface area (Å²) in [4.78, 5) is 9.11. The van der Waals surface area contributed by atoms with Crippen molar-refractivity contribution in [3.05, 3.63) is 72.1 Å². The molecule has 2 heterocycles. The lowest BCUT2D eigenvalue weighted by Crippen LogP contribution is -2.24. The van der Waals surface area contributed by atoms with E-state index in [2.05, 4.69) is 35.9 Å². The van der Waals surface area contributed by atoms with Crippen LogP contribution in [0.3, 0.4) is 0 Å². The van der Waals surface area contributed by atoms with E-state index >= 15 is 0 Å². The zero-order chi connectivity index (χ0) is 24.1. The molecule has 2 N–H and O–H groups in total. The van der Waals surface area contributed by atoms with E-state index in [-0.39, 0.29) is 5.25 Å².